The summed E-state index contributed by atoms with van der Waals surface area (Å²) < 4.78 is 5.36. The minimum Gasteiger partial charge on any atom is -0.379 e. The highest BCUT2D eigenvalue weighted by Crippen LogP contribution is 2.22. The Morgan fingerprint density at radius 1 is 1.14 bits per heavy atom. The average molecular weight is 514 g/mol. The smallest absolute Gasteiger partial charge is 0.188 e. The van der Waals surface area contributed by atoms with E-state index in [1.807, 2.05) is 11.8 Å². The van der Waals surface area contributed by atoms with Crippen LogP contribution in [-0.2, 0) is 10.5 Å². The van der Waals surface area contributed by atoms with Crippen molar-refractivity contribution in [3.63, 3.8) is 0 Å². The van der Waals surface area contributed by atoms with Crippen LogP contribution in [0, 0.1) is 0 Å². The molecule has 7 heteroatoms. The van der Waals surface area contributed by atoms with Crippen molar-refractivity contribution in [3.8, 4) is 0 Å². The number of hydrogen-bond donors (Lipinski definition) is 2. The van der Waals surface area contributed by atoms with Gasteiger partial charge in [0.15, 0.2) is 5.96 Å². The summed E-state index contributed by atoms with van der Waals surface area (Å²) in [5.41, 5.74) is 7.35. The molecule has 1 aliphatic rings. The van der Waals surface area contributed by atoms with Gasteiger partial charge in [-0.15, -0.1) is 24.0 Å². The molecule has 1 fully saturated rings. The van der Waals surface area contributed by atoms with Gasteiger partial charge in [0.05, 0.1) is 13.2 Å². The second-order valence-corrected chi connectivity index (χ2v) is 7.80. The zero-order chi connectivity index (χ0) is 18.7. The van der Waals surface area contributed by atoms with Crippen molar-refractivity contribution >= 4 is 52.5 Å². The summed E-state index contributed by atoms with van der Waals surface area (Å²) in [5.74, 6) is 2.58. The summed E-state index contributed by atoms with van der Waals surface area (Å²) in [6, 6.07) is 15.1. The van der Waals surface area contributed by atoms with Crippen LogP contribution >= 0.6 is 35.7 Å². The van der Waals surface area contributed by atoms with Crippen molar-refractivity contribution in [1.29, 1.82) is 0 Å². The predicted octanol–water partition coefficient (Wildman–Crippen LogP) is 3.32. The molecule has 28 heavy (non-hydrogen) atoms. The summed E-state index contributed by atoms with van der Waals surface area (Å²) in [7, 11) is 0. The molecule has 1 aliphatic heterocycles. The molecule has 0 unspecified atom stereocenters. The van der Waals surface area contributed by atoms with Crippen LogP contribution in [0.25, 0.3) is 10.8 Å². The lowest BCUT2D eigenvalue weighted by atomic mass is 10.1. The fourth-order valence-electron chi connectivity index (χ4n) is 3.23. The minimum atomic E-state index is 0. The number of guanidine groups is 1. The van der Waals surface area contributed by atoms with Crippen molar-refractivity contribution in [2.45, 2.75) is 12.2 Å². The summed E-state index contributed by atoms with van der Waals surface area (Å²) >= 11 is 1.92. The Kier molecular flexibility index (Phi) is 11.0. The summed E-state index contributed by atoms with van der Waals surface area (Å²) in [6.07, 6.45) is 1.04. The van der Waals surface area contributed by atoms with Crippen LogP contribution in [0.5, 0.6) is 0 Å². The van der Waals surface area contributed by atoms with Gasteiger partial charge < -0.3 is 15.8 Å². The molecule has 2 aromatic rings. The van der Waals surface area contributed by atoms with Gasteiger partial charge in [-0.25, -0.2) is 0 Å². The van der Waals surface area contributed by atoms with Crippen molar-refractivity contribution in [2.24, 2.45) is 10.7 Å². The van der Waals surface area contributed by atoms with Crippen molar-refractivity contribution in [2.75, 3.05) is 51.7 Å². The largest absolute Gasteiger partial charge is 0.379 e. The first-order valence-electron chi connectivity index (χ1n) is 9.71. The van der Waals surface area contributed by atoms with Crippen LogP contribution in [0.3, 0.4) is 0 Å². The molecule has 0 spiro atoms. The number of aliphatic imine (C=N–C) groups is 1. The van der Waals surface area contributed by atoms with Gasteiger partial charge in [0, 0.05) is 44.2 Å². The van der Waals surface area contributed by atoms with E-state index in [1.54, 1.807) is 0 Å². The van der Waals surface area contributed by atoms with E-state index >= 15 is 0 Å². The SMILES string of the molecule is I.NC(=NCCCN1CCOCC1)NCCSCc1cccc2ccccc12. The summed E-state index contributed by atoms with van der Waals surface area (Å²) in [6.45, 7) is 6.46. The molecule has 1 saturated heterocycles. The lowest BCUT2D eigenvalue weighted by molar-refractivity contribution is 0.0377. The Morgan fingerprint density at radius 2 is 1.93 bits per heavy atom. The van der Waals surface area contributed by atoms with Crippen LogP contribution in [0.1, 0.15) is 12.0 Å². The average Bonchev–Trinajstić information content (AvgIpc) is 2.72. The monoisotopic (exact) mass is 514 g/mol. The number of fused-ring (bicyclic) bond motifs is 1. The highest BCUT2D eigenvalue weighted by Gasteiger charge is 2.08. The molecule has 0 atom stereocenters. The van der Waals surface area contributed by atoms with Gasteiger partial charge in [-0.3, -0.25) is 9.89 Å². The topological polar surface area (TPSA) is 62.9 Å². The van der Waals surface area contributed by atoms with Gasteiger partial charge in [0.2, 0.25) is 0 Å². The number of nitrogens with one attached hydrogen (secondary N) is 1. The van der Waals surface area contributed by atoms with E-state index in [0.717, 1.165) is 63.9 Å². The third-order valence-corrected chi connectivity index (χ3v) is 5.72. The molecule has 1 heterocycles. The Balaban J connectivity index is 0.00000280. The fraction of sp³-hybridized carbons (Fsp3) is 0.476. The predicted molar refractivity (Wildman–Crippen MR) is 132 cm³/mol. The number of halogens is 1. The van der Waals surface area contributed by atoms with Gasteiger partial charge in [-0.05, 0) is 22.8 Å². The van der Waals surface area contributed by atoms with Gasteiger partial charge in [-0.2, -0.15) is 11.8 Å². The second kappa shape index (κ2) is 13.2. The van der Waals surface area contributed by atoms with E-state index in [2.05, 4.69) is 57.7 Å². The van der Waals surface area contributed by atoms with Crippen molar-refractivity contribution in [1.82, 2.24) is 10.2 Å². The second-order valence-electron chi connectivity index (χ2n) is 6.69. The van der Waals surface area contributed by atoms with E-state index in [4.69, 9.17) is 10.5 Å². The molecule has 2 aromatic carbocycles. The third-order valence-electron chi connectivity index (χ3n) is 4.71. The molecule has 0 amide bonds. The number of benzene rings is 2. The summed E-state index contributed by atoms with van der Waals surface area (Å²) in [4.78, 5) is 6.84. The molecule has 3 rings (SSSR count). The molecule has 3 N–H and O–H groups in total. The highest BCUT2D eigenvalue weighted by molar-refractivity contribution is 14.0. The number of ether oxygens (including phenoxy) is 1. The quantitative estimate of drug-likeness (QED) is 0.233. The van der Waals surface area contributed by atoms with E-state index in [1.165, 1.54) is 16.3 Å². The van der Waals surface area contributed by atoms with Gasteiger partial charge in [0.25, 0.3) is 0 Å². The van der Waals surface area contributed by atoms with E-state index in [0.29, 0.717) is 5.96 Å². The normalized spacial score (nSPS) is 15.4. The molecule has 5 nitrogen and oxygen atoms in total. The number of hydrogen-bond acceptors (Lipinski definition) is 4. The molecule has 0 aromatic heterocycles. The lowest BCUT2D eigenvalue weighted by Gasteiger charge is -2.26. The number of nitrogens with two attached hydrogens (primary N) is 1. The maximum Gasteiger partial charge on any atom is 0.188 e. The minimum absolute atomic E-state index is 0. The van der Waals surface area contributed by atoms with Crippen LogP contribution in [0.15, 0.2) is 47.5 Å². The van der Waals surface area contributed by atoms with Gasteiger partial charge in [0.1, 0.15) is 0 Å². The Labute approximate surface area is 189 Å². The molecular weight excluding hydrogens is 483 g/mol. The Morgan fingerprint density at radius 3 is 2.79 bits per heavy atom. The van der Waals surface area contributed by atoms with Crippen LogP contribution in [0.2, 0.25) is 0 Å². The fourth-order valence-corrected chi connectivity index (χ4v) is 4.09. The Hall–Kier alpha value is -1.03. The molecule has 0 saturated carbocycles. The van der Waals surface area contributed by atoms with Gasteiger partial charge in [-0.1, -0.05) is 42.5 Å². The maximum atomic E-state index is 5.96. The lowest BCUT2D eigenvalue weighted by Crippen LogP contribution is -2.37. The van der Waals surface area contributed by atoms with Crippen molar-refractivity contribution in [3.05, 3.63) is 48.0 Å². The number of nitrogens with zero attached hydrogens (tertiary/aromatic N) is 2. The molecule has 0 bridgehead atoms. The molecule has 154 valence electrons. The molecule has 0 aliphatic carbocycles. The zero-order valence-corrected chi connectivity index (χ0v) is 19.5. The van der Waals surface area contributed by atoms with E-state index in [9.17, 15) is 0 Å². The number of thioether (sulfide) groups is 1. The zero-order valence-electron chi connectivity index (χ0n) is 16.3. The standard InChI is InChI=1S/C21H30N4OS.HI/c22-21(23-9-4-11-25-12-14-26-15-13-25)24-10-16-27-17-19-7-3-6-18-5-1-2-8-20(18)19;/h1-3,5-8H,4,9-17H2,(H3,22,23,24);1H. The van der Waals surface area contributed by atoms with E-state index in [-0.39, 0.29) is 24.0 Å². The first-order valence-corrected chi connectivity index (χ1v) is 10.9. The van der Waals surface area contributed by atoms with Gasteiger partial charge >= 0.3 is 0 Å². The van der Waals surface area contributed by atoms with Crippen molar-refractivity contribution < 1.29 is 4.74 Å². The number of morpholine rings is 1. The van der Waals surface area contributed by atoms with Crippen LogP contribution in [0.4, 0.5) is 0 Å². The van der Waals surface area contributed by atoms with Crippen LogP contribution in [-0.4, -0.2) is 62.5 Å². The molecular formula is C21H31IN4OS. The first-order chi connectivity index (χ1) is 13.3. The number of rotatable bonds is 9. The van der Waals surface area contributed by atoms with E-state index < -0.39 is 0 Å². The highest BCUT2D eigenvalue weighted by atomic mass is 127. The molecule has 0 radical (unpaired) electrons. The summed E-state index contributed by atoms with van der Waals surface area (Å²) in [5, 5.41) is 5.87. The van der Waals surface area contributed by atoms with Crippen LogP contribution < -0.4 is 11.1 Å². The Bertz CT molecular complexity index is 732. The third kappa shape index (κ3) is 7.77. The first kappa shape index (κ1) is 23.3. The maximum absolute atomic E-state index is 5.96.